The van der Waals surface area contributed by atoms with E-state index in [4.69, 9.17) is 9.15 Å². The molecule has 0 saturated carbocycles. The summed E-state index contributed by atoms with van der Waals surface area (Å²) >= 11 is 3.08. The van der Waals surface area contributed by atoms with E-state index in [2.05, 4.69) is 15.9 Å². The Balaban J connectivity index is 3.37. The van der Waals surface area contributed by atoms with Crippen molar-refractivity contribution in [3.63, 3.8) is 0 Å². The maximum atomic E-state index is 11.2. The van der Waals surface area contributed by atoms with E-state index in [0.717, 1.165) is 0 Å². The number of rotatable bonds is 1. The zero-order chi connectivity index (χ0) is 8.43. The fraction of sp³-hybridized carbons (Fsp3) is 0.286. The van der Waals surface area contributed by atoms with Crippen molar-refractivity contribution >= 4 is 15.9 Å². The highest BCUT2D eigenvalue weighted by Crippen LogP contribution is 2.14. The number of hydrogen-bond donors (Lipinski definition) is 0. The van der Waals surface area contributed by atoms with Crippen molar-refractivity contribution in [3.05, 3.63) is 26.7 Å². The van der Waals surface area contributed by atoms with Crippen LogP contribution in [0.5, 0.6) is 5.75 Å². The molecule has 1 aromatic heterocycles. The van der Waals surface area contributed by atoms with Crippen LogP contribution in [0.2, 0.25) is 0 Å². The van der Waals surface area contributed by atoms with Crippen LogP contribution in [0.15, 0.2) is 19.9 Å². The first-order valence-corrected chi connectivity index (χ1v) is 3.78. The lowest BCUT2D eigenvalue weighted by atomic mass is 10.4. The normalized spacial score (nSPS) is 9.73. The summed E-state index contributed by atoms with van der Waals surface area (Å²) in [5.74, 6) is 0.762. The molecule has 1 aromatic rings. The Morgan fingerprint density at radius 2 is 2.27 bits per heavy atom. The molecular weight excluding hydrogens is 212 g/mol. The lowest BCUT2D eigenvalue weighted by Crippen LogP contribution is -2.06. The van der Waals surface area contributed by atoms with E-state index in [1.807, 2.05) is 0 Å². The van der Waals surface area contributed by atoms with Crippen LogP contribution in [-0.2, 0) is 0 Å². The monoisotopic (exact) mass is 218 g/mol. The number of aryl methyl sites for hydroxylation is 1. The standard InChI is InChI=1S/C7H7BrO3/c1-4-6(8)7(9)5(10-2)3-11-4/h3H,1-2H3. The fourth-order valence-electron chi connectivity index (χ4n) is 0.656. The van der Waals surface area contributed by atoms with E-state index in [9.17, 15) is 4.79 Å². The lowest BCUT2D eigenvalue weighted by Gasteiger charge is -1.99. The van der Waals surface area contributed by atoms with Crippen LogP contribution in [-0.4, -0.2) is 7.11 Å². The molecule has 0 saturated heterocycles. The van der Waals surface area contributed by atoms with Gasteiger partial charge in [0.15, 0.2) is 0 Å². The summed E-state index contributed by atoms with van der Waals surface area (Å²) in [7, 11) is 1.42. The molecular formula is C7H7BrO3. The van der Waals surface area contributed by atoms with Crippen molar-refractivity contribution in [2.75, 3.05) is 7.11 Å². The third-order valence-corrected chi connectivity index (χ3v) is 2.21. The van der Waals surface area contributed by atoms with Crippen molar-refractivity contribution in [1.29, 1.82) is 0 Å². The van der Waals surface area contributed by atoms with Gasteiger partial charge in [0.1, 0.15) is 16.5 Å². The highest BCUT2D eigenvalue weighted by molar-refractivity contribution is 9.10. The van der Waals surface area contributed by atoms with Crippen LogP contribution in [0, 0.1) is 6.92 Å². The van der Waals surface area contributed by atoms with Gasteiger partial charge in [-0.3, -0.25) is 4.79 Å². The molecule has 0 radical (unpaired) electrons. The molecule has 0 aliphatic rings. The van der Waals surface area contributed by atoms with Crippen molar-refractivity contribution < 1.29 is 9.15 Å². The molecule has 0 atom stereocenters. The highest BCUT2D eigenvalue weighted by atomic mass is 79.9. The van der Waals surface area contributed by atoms with Crippen LogP contribution in [0.25, 0.3) is 0 Å². The summed E-state index contributed by atoms with van der Waals surface area (Å²) in [5, 5.41) is 0. The first-order chi connectivity index (χ1) is 5.16. The average molecular weight is 219 g/mol. The Labute approximate surface area is 72.1 Å². The zero-order valence-electron chi connectivity index (χ0n) is 6.18. The van der Waals surface area contributed by atoms with Gasteiger partial charge < -0.3 is 9.15 Å². The van der Waals surface area contributed by atoms with Gasteiger partial charge in [0, 0.05) is 0 Å². The van der Waals surface area contributed by atoms with Crippen LogP contribution < -0.4 is 10.2 Å². The second-order valence-electron chi connectivity index (χ2n) is 2.00. The molecule has 0 fully saturated rings. The predicted octanol–water partition coefficient (Wildman–Crippen LogP) is 1.72. The van der Waals surface area contributed by atoms with E-state index >= 15 is 0 Å². The van der Waals surface area contributed by atoms with Crippen molar-refractivity contribution in [3.8, 4) is 5.75 Å². The van der Waals surface area contributed by atoms with Gasteiger partial charge in [-0.2, -0.15) is 0 Å². The largest absolute Gasteiger partial charge is 0.490 e. The summed E-state index contributed by atoms with van der Waals surface area (Å²) in [6, 6.07) is 0. The molecule has 4 heteroatoms. The molecule has 0 N–H and O–H groups in total. The number of hydrogen-bond acceptors (Lipinski definition) is 3. The fourth-order valence-corrected chi connectivity index (χ4v) is 0.945. The van der Waals surface area contributed by atoms with Gasteiger partial charge in [-0.1, -0.05) is 0 Å². The second-order valence-corrected chi connectivity index (χ2v) is 2.80. The third-order valence-electron chi connectivity index (χ3n) is 1.29. The molecule has 0 aliphatic carbocycles. The molecule has 0 aromatic carbocycles. The van der Waals surface area contributed by atoms with Crippen LogP contribution in [0.3, 0.4) is 0 Å². The van der Waals surface area contributed by atoms with Gasteiger partial charge in [0.25, 0.3) is 0 Å². The molecule has 0 aliphatic heterocycles. The maximum absolute atomic E-state index is 11.2. The van der Waals surface area contributed by atoms with Gasteiger partial charge in [-0.25, -0.2) is 0 Å². The summed E-state index contributed by atoms with van der Waals surface area (Å²) in [5.41, 5.74) is -0.184. The molecule has 0 amide bonds. The number of halogens is 1. The Kier molecular flexibility index (Phi) is 2.34. The van der Waals surface area contributed by atoms with E-state index in [1.54, 1.807) is 6.92 Å². The topological polar surface area (TPSA) is 39.4 Å². The number of methoxy groups -OCH3 is 1. The van der Waals surface area contributed by atoms with Gasteiger partial charge in [0.2, 0.25) is 11.2 Å². The minimum atomic E-state index is -0.184. The summed E-state index contributed by atoms with van der Waals surface area (Å²) in [6.45, 7) is 1.70. The highest BCUT2D eigenvalue weighted by Gasteiger charge is 2.07. The first-order valence-electron chi connectivity index (χ1n) is 2.98. The Bertz CT molecular complexity index is 316. The molecule has 0 spiro atoms. The minimum Gasteiger partial charge on any atom is -0.490 e. The Morgan fingerprint density at radius 1 is 1.64 bits per heavy atom. The van der Waals surface area contributed by atoms with Crippen LogP contribution >= 0.6 is 15.9 Å². The molecule has 0 bridgehead atoms. The van der Waals surface area contributed by atoms with Gasteiger partial charge >= 0.3 is 0 Å². The predicted molar refractivity (Wildman–Crippen MR) is 44.0 cm³/mol. The summed E-state index contributed by atoms with van der Waals surface area (Å²) < 4.78 is 10.1. The maximum Gasteiger partial charge on any atom is 0.241 e. The van der Waals surface area contributed by atoms with E-state index in [-0.39, 0.29) is 11.2 Å². The first kappa shape index (κ1) is 8.33. The second kappa shape index (κ2) is 3.09. The van der Waals surface area contributed by atoms with Crippen LogP contribution in [0.1, 0.15) is 5.76 Å². The number of ether oxygens (including phenoxy) is 1. The minimum absolute atomic E-state index is 0.184. The van der Waals surface area contributed by atoms with Crippen LogP contribution in [0.4, 0.5) is 0 Å². The lowest BCUT2D eigenvalue weighted by molar-refractivity contribution is 0.380. The van der Waals surface area contributed by atoms with Gasteiger partial charge in [0.05, 0.1) is 7.11 Å². The quantitative estimate of drug-likeness (QED) is 0.721. The van der Waals surface area contributed by atoms with Gasteiger partial charge in [-0.05, 0) is 22.9 Å². The summed E-state index contributed by atoms with van der Waals surface area (Å²) in [4.78, 5) is 11.2. The third kappa shape index (κ3) is 1.45. The zero-order valence-corrected chi connectivity index (χ0v) is 7.77. The molecule has 1 heterocycles. The summed E-state index contributed by atoms with van der Waals surface area (Å²) in [6.07, 6.45) is 1.29. The Hall–Kier alpha value is -0.770. The Morgan fingerprint density at radius 3 is 2.82 bits per heavy atom. The van der Waals surface area contributed by atoms with Crippen molar-refractivity contribution in [2.45, 2.75) is 6.92 Å². The molecule has 3 nitrogen and oxygen atoms in total. The van der Waals surface area contributed by atoms with E-state index < -0.39 is 0 Å². The van der Waals surface area contributed by atoms with E-state index in [1.165, 1.54) is 13.4 Å². The van der Waals surface area contributed by atoms with Crippen molar-refractivity contribution in [1.82, 2.24) is 0 Å². The SMILES string of the molecule is COc1coc(C)c(Br)c1=O. The average Bonchev–Trinajstić information content (AvgIpc) is 2.01. The van der Waals surface area contributed by atoms with Gasteiger partial charge in [-0.15, -0.1) is 0 Å². The molecule has 60 valence electrons. The molecule has 1 rings (SSSR count). The van der Waals surface area contributed by atoms with Crippen molar-refractivity contribution in [2.24, 2.45) is 0 Å². The molecule has 11 heavy (non-hydrogen) atoms. The van der Waals surface area contributed by atoms with E-state index in [0.29, 0.717) is 10.2 Å². The molecule has 0 unspecified atom stereocenters. The smallest absolute Gasteiger partial charge is 0.241 e.